The molecule has 0 aliphatic carbocycles. The van der Waals surface area contributed by atoms with E-state index in [1.807, 2.05) is 39.0 Å². The second kappa shape index (κ2) is 7.22. The van der Waals surface area contributed by atoms with Crippen molar-refractivity contribution >= 4 is 29.0 Å². The number of carbonyl (C=O) groups excluding carboxylic acids is 1. The van der Waals surface area contributed by atoms with Gasteiger partial charge in [0.15, 0.2) is 0 Å². The van der Waals surface area contributed by atoms with Gasteiger partial charge in [0.05, 0.1) is 0 Å². The number of carbonyl (C=O) groups is 1. The molecule has 1 heterocycles. The molecule has 1 aromatic heterocycles. The SMILES string of the molecule is Cc1c(Cl)cccc1Nc1cc(C(=O)NCC(C)C)ncn1. The highest BCUT2D eigenvalue weighted by molar-refractivity contribution is 6.31. The quantitative estimate of drug-likeness (QED) is 0.884. The molecule has 22 heavy (non-hydrogen) atoms. The summed E-state index contributed by atoms with van der Waals surface area (Å²) in [5, 5.41) is 6.66. The van der Waals surface area contributed by atoms with Crippen LogP contribution in [0.1, 0.15) is 29.9 Å². The molecular weight excluding hydrogens is 300 g/mol. The molecule has 116 valence electrons. The maximum absolute atomic E-state index is 12.0. The molecule has 5 nitrogen and oxygen atoms in total. The summed E-state index contributed by atoms with van der Waals surface area (Å²) in [6.07, 6.45) is 1.37. The first-order chi connectivity index (χ1) is 10.5. The number of benzene rings is 1. The summed E-state index contributed by atoms with van der Waals surface area (Å²) in [5.41, 5.74) is 2.10. The Labute approximate surface area is 135 Å². The van der Waals surface area contributed by atoms with Crippen molar-refractivity contribution < 1.29 is 4.79 Å². The zero-order chi connectivity index (χ0) is 16.1. The molecular formula is C16H19ClN4O. The van der Waals surface area contributed by atoms with E-state index < -0.39 is 0 Å². The van der Waals surface area contributed by atoms with Gasteiger partial charge in [0.1, 0.15) is 17.8 Å². The van der Waals surface area contributed by atoms with Crippen LogP contribution in [0.25, 0.3) is 0 Å². The van der Waals surface area contributed by atoms with Gasteiger partial charge in [-0.15, -0.1) is 0 Å². The van der Waals surface area contributed by atoms with E-state index >= 15 is 0 Å². The number of nitrogens with zero attached hydrogens (tertiary/aromatic N) is 2. The number of halogens is 1. The predicted octanol–water partition coefficient (Wildman–Crippen LogP) is 3.57. The summed E-state index contributed by atoms with van der Waals surface area (Å²) in [6.45, 7) is 6.60. The zero-order valence-corrected chi connectivity index (χ0v) is 13.6. The molecule has 0 spiro atoms. The maximum Gasteiger partial charge on any atom is 0.270 e. The third kappa shape index (κ3) is 4.18. The van der Waals surface area contributed by atoms with E-state index in [0.29, 0.717) is 29.0 Å². The normalized spacial score (nSPS) is 10.6. The van der Waals surface area contributed by atoms with Crippen LogP contribution in [0.3, 0.4) is 0 Å². The third-order valence-corrected chi connectivity index (χ3v) is 3.51. The fourth-order valence-electron chi connectivity index (χ4n) is 1.82. The topological polar surface area (TPSA) is 66.9 Å². The standard InChI is InChI=1S/C16H19ClN4O/c1-10(2)8-18-16(22)14-7-15(20-9-19-14)21-13-6-4-5-12(17)11(13)3/h4-7,9-10H,8H2,1-3H3,(H,18,22)(H,19,20,21). The van der Waals surface area contributed by atoms with Gasteiger partial charge in [-0.2, -0.15) is 0 Å². The lowest BCUT2D eigenvalue weighted by molar-refractivity contribution is 0.0944. The van der Waals surface area contributed by atoms with E-state index in [1.54, 1.807) is 6.07 Å². The van der Waals surface area contributed by atoms with Gasteiger partial charge in [-0.25, -0.2) is 9.97 Å². The Morgan fingerprint density at radius 2 is 2.09 bits per heavy atom. The van der Waals surface area contributed by atoms with Gasteiger partial charge in [-0.1, -0.05) is 31.5 Å². The van der Waals surface area contributed by atoms with Gasteiger partial charge in [0, 0.05) is 23.3 Å². The van der Waals surface area contributed by atoms with Crippen LogP contribution in [-0.4, -0.2) is 22.4 Å². The van der Waals surface area contributed by atoms with Gasteiger partial charge in [0.25, 0.3) is 5.91 Å². The van der Waals surface area contributed by atoms with Crippen molar-refractivity contribution in [1.82, 2.24) is 15.3 Å². The van der Waals surface area contributed by atoms with E-state index in [1.165, 1.54) is 6.33 Å². The van der Waals surface area contributed by atoms with Crippen LogP contribution in [-0.2, 0) is 0 Å². The highest BCUT2D eigenvalue weighted by Gasteiger charge is 2.10. The molecule has 0 atom stereocenters. The molecule has 2 aromatic rings. The highest BCUT2D eigenvalue weighted by Crippen LogP contribution is 2.25. The second-order valence-electron chi connectivity index (χ2n) is 5.43. The minimum atomic E-state index is -0.207. The van der Waals surface area contributed by atoms with Crippen molar-refractivity contribution in [3.63, 3.8) is 0 Å². The summed E-state index contributed by atoms with van der Waals surface area (Å²) in [5.74, 6) is 0.731. The Balaban J connectivity index is 2.15. The van der Waals surface area contributed by atoms with E-state index in [9.17, 15) is 4.79 Å². The van der Waals surface area contributed by atoms with Crippen molar-refractivity contribution in [2.24, 2.45) is 5.92 Å². The molecule has 1 amide bonds. The van der Waals surface area contributed by atoms with Crippen molar-refractivity contribution in [2.75, 3.05) is 11.9 Å². The summed E-state index contributed by atoms with van der Waals surface area (Å²) in [6, 6.07) is 7.21. The van der Waals surface area contributed by atoms with E-state index in [0.717, 1.165) is 11.3 Å². The summed E-state index contributed by atoms with van der Waals surface area (Å²) in [7, 11) is 0. The molecule has 0 saturated carbocycles. The number of amides is 1. The molecule has 6 heteroatoms. The minimum Gasteiger partial charge on any atom is -0.350 e. The lowest BCUT2D eigenvalue weighted by Gasteiger charge is -2.11. The number of nitrogens with one attached hydrogen (secondary N) is 2. The summed E-state index contributed by atoms with van der Waals surface area (Å²) < 4.78 is 0. The molecule has 2 rings (SSSR count). The van der Waals surface area contributed by atoms with E-state index in [-0.39, 0.29) is 5.91 Å². The largest absolute Gasteiger partial charge is 0.350 e. The van der Waals surface area contributed by atoms with Crippen LogP contribution in [0.4, 0.5) is 11.5 Å². The molecule has 0 aliphatic heterocycles. The average Bonchev–Trinajstić information content (AvgIpc) is 2.50. The summed E-state index contributed by atoms with van der Waals surface area (Å²) in [4.78, 5) is 20.2. The minimum absolute atomic E-state index is 0.207. The first-order valence-electron chi connectivity index (χ1n) is 7.09. The van der Waals surface area contributed by atoms with Crippen molar-refractivity contribution in [3.8, 4) is 0 Å². The number of anilines is 2. The number of hydrogen-bond donors (Lipinski definition) is 2. The number of hydrogen-bond acceptors (Lipinski definition) is 4. The molecule has 2 N–H and O–H groups in total. The van der Waals surface area contributed by atoms with Crippen LogP contribution < -0.4 is 10.6 Å². The average molecular weight is 319 g/mol. The third-order valence-electron chi connectivity index (χ3n) is 3.10. The van der Waals surface area contributed by atoms with Gasteiger partial charge in [-0.05, 0) is 30.5 Å². The fourth-order valence-corrected chi connectivity index (χ4v) is 1.99. The van der Waals surface area contributed by atoms with E-state index in [4.69, 9.17) is 11.6 Å². The molecule has 0 radical (unpaired) electrons. The van der Waals surface area contributed by atoms with Gasteiger partial charge < -0.3 is 10.6 Å². The second-order valence-corrected chi connectivity index (χ2v) is 5.84. The van der Waals surface area contributed by atoms with Crippen LogP contribution >= 0.6 is 11.6 Å². The fraction of sp³-hybridized carbons (Fsp3) is 0.312. The molecule has 0 saturated heterocycles. The lowest BCUT2D eigenvalue weighted by Crippen LogP contribution is -2.28. The van der Waals surface area contributed by atoms with Crippen molar-refractivity contribution in [3.05, 3.63) is 46.9 Å². The first kappa shape index (κ1) is 16.2. The molecule has 0 bridgehead atoms. The van der Waals surface area contributed by atoms with Crippen LogP contribution in [0, 0.1) is 12.8 Å². The Morgan fingerprint density at radius 3 is 2.82 bits per heavy atom. The summed E-state index contributed by atoms with van der Waals surface area (Å²) >= 11 is 6.10. The lowest BCUT2D eigenvalue weighted by atomic mass is 10.2. The molecule has 1 aromatic carbocycles. The Kier molecular flexibility index (Phi) is 5.33. The monoisotopic (exact) mass is 318 g/mol. The highest BCUT2D eigenvalue weighted by atomic mass is 35.5. The number of aromatic nitrogens is 2. The van der Waals surface area contributed by atoms with Crippen LogP contribution in [0.5, 0.6) is 0 Å². The Bertz CT molecular complexity index is 673. The number of rotatable bonds is 5. The maximum atomic E-state index is 12.0. The molecule has 0 unspecified atom stereocenters. The van der Waals surface area contributed by atoms with Crippen LogP contribution in [0.2, 0.25) is 5.02 Å². The smallest absolute Gasteiger partial charge is 0.270 e. The molecule has 0 fully saturated rings. The van der Waals surface area contributed by atoms with Crippen molar-refractivity contribution in [1.29, 1.82) is 0 Å². The Hall–Kier alpha value is -2.14. The van der Waals surface area contributed by atoms with Crippen LogP contribution in [0.15, 0.2) is 30.6 Å². The Morgan fingerprint density at radius 1 is 1.32 bits per heavy atom. The van der Waals surface area contributed by atoms with Gasteiger partial charge in [-0.3, -0.25) is 4.79 Å². The van der Waals surface area contributed by atoms with Gasteiger partial charge >= 0.3 is 0 Å². The molecule has 0 aliphatic rings. The van der Waals surface area contributed by atoms with E-state index in [2.05, 4.69) is 20.6 Å². The van der Waals surface area contributed by atoms with Gasteiger partial charge in [0.2, 0.25) is 0 Å². The first-order valence-corrected chi connectivity index (χ1v) is 7.47. The predicted molar refractivity (Wildman–Crippen MR) is 88.7 cm³/mol. The van der Waals surface area contributed by atoms with Crippen molar-refractivity contribution in [2.45, 2.75) is 20.8 Å². The zero-order valence-electron chi connectivity index (χ0n) is 12.9.